The number of fused-ring (bicyclic) bond motifs is 1. The molecule has 0 fully saturated rings. The topological polar surface area (TPSA) is 51.2 Å². The van der Waals surface area contributed by atoms with Crippen molar-refractivity contribution >= 4 is 22.7 Å². The first-order chi connectivity index (χ1) is 11.8. The summed E-state index contributed by atoms with van der Waals surface area (Å²) in [5.74, 6) is -0.447. The van der Waals surface area contributed by atoms with E-state index in [1.807, 2.05) is 18.2 Å². The van der Waals surface area contributed by atoms with E-state index in [-0.39, 0.29) is 5.69 Å². The van der Waals surface area contributed by atoms with Crippen molar-refractivity contribution in [2.24, 2.45) is 0 Å². The summed E-state index contributed by atoms with van der Waals surface area (Å²) in [7, 11) is 0. The van der Waals surface area contributed by atoms with Crippen LogP contribution in [0.25, 0.3) is 22.2 Å². The van der Waals surface area contributed by atoms with E-state index in [9.17, 15) is 9.18 Å². The highest BCUT2D eigenvalue weighted by molar-refractivity contribution is 5.92. The van der Waals surface area contributed by atoms with E-state index in [0.29, 0.717) is 16.8 Å². The highest BCUT2D eigenvalue weighted by atomic mass is 19.1. The molecule has 1 N–H and O–H groups in total. The molecule has 5 heteroatoms. The molecule has 3 aromatic rings. The summed E-state index contributed by atoms with van der Waals surface area (Å²) in [5, 5.41) is 3.40. The molecule has 0 aliphatic heterocycles. The fourth-order valence-electron chi connectivity index (χ4n) is 2.49. The van der Waals surface area contributed by atoms with Crippen molar-refractivity contribution in [3.8, 4) is 11.3 Å². The highest BCUT2D eigenvalue weighted by Crippen LogP contribution is 2.30. The van der Waals surface area contributed by atoms with Crippen LogP contribution in [0.4, 0.5) is 14.9 Å². The van der Waals surface area contributed by atoms with E-state index in [0.717, 1.165) is 5.39 Å². The van der Waals surface area contributed by atoms with Gasteiger partial charge in [-0.1, -0.05) is 36.4 Å². The number of ether oxygens (including phenoxy) is 1. The molecule has 25 heavy (non-hydrogen) atoms. The maximum atomic E-state index is 14.6. The number of pyridine rings is 1. The normalized spacial score (nSPS) is 11.4. The van der Waals surface area contributed by atoms with Crippen molar-refractivity contribution in [3.05, 3.63) is 60.4 Å². The van der Waals surface area contributed by atoms with E-state index in [1.165, 1.54) is 6.07 Å². The fourth-order valence-corrected chi connectivity index (χ4v) is 2.49. The Morgan fingerprint density at radius 1 is 1.08 bits per heavy atom. The number of aromatic nitrogens is 1. The number of carbonyl (C=O) groups excluding carboxylic acids is 1. The van der Waals surface area contributed by atoms with Gasteiger partial charge in [0.05, 0.1) is 11.2 Å². The summed E-state index contributed by atoms with van der Waals surface area (Å²) < 4.78 is 19.9. The van der Waals surface area contributed by atoms with Gasteiger partial charge in [0.25, 0.3) is 0 Å². The SMILES string of the molecule is CC(C)(C)OC(=O)Nc1ccccc1-c1nc2ccccc2cc1F. The molecule has 0 spiro atoms. The summed E-state index contributed by atoms with van der Waals surface area (Å²) in [6.07, 6.45) is -0.596. The molecule has 0 unspecified atom stereocenters. The number of hydrogen-bond donors (Lipinski definition) is 1. The van der Waals surface area contributed by atoms with Crippen LogP contribution >= 0.6 is 0 Å². The Bertz CT molecular complexity index is 932. The first-order valence-electron chi connectivity index (χ1n) is 7.98. The van der Waals surface area contributed by atoms with Crippen LogP contribution in [0.5, 0.6) is 0 Å². The van der Waals surface area contributed by atoms with Crippen molar-refractivity contribution in [1.29, 1.82) is 0 Å². The lowest BCUT2D eigenvalue weighted by atomic mass is 10.1. The molecule has 1 amide bonds. The Kier molecular flexibility index (Phi) is 4.40. The molecular formula is C20H19FN2O2. The zero-order chi connectivity index (χ0) is 18.0. The monoisotopic (exact) mass is 338 g/mol. The first kappa shape index (κ1) is 16.9. The van der Waals surface area contributed by atoms with Crippen molar-refractivity contribution in [2.45, 2.75) is 26.4 Å². The number of halogens is 1. The molecule has 1 aromatic heterocycles. The largest absolute Gasteiger partial charge is 0.444 e. The van der Waals surface area contributed by atoms with Gasteiger partial charge in [-0.2, -0.15) is 0 Å². The highest BCUT2D eigenvalue weighted by Gasteiger charge is 2.19. The molecule has 3 rings (SSSR count). The zero-order valence-electron chi connectivity index (χ0n) is 14.3. The third kappa shape index (κ3) is 3.94. The number of para-hydroxylation sites is 2. The van der Waals surface area contributed by atoms with Gasteiger partial charge >= 0.3 is 6.09 Å². The number of benzene rings is 2. The molecule has 0 aliphatic carbocycles. The van der Waals surface area contributed by atoms with Crippen molar-refractivity contribution in [1.82, 2.24) is 4.98 Å². The Balaban J connectivity index is 2.01. The summed E-state index contributed by atoms with van der Waals surface area (Å²) >= 11 is 0. The van der Waals surface area contributed by atoms with E-state index in [4.69, 9.17) is 4.74 Å². The van der Waals surface area contributed by atoms with Crippen molar-refractivity contribution < 1.29 is 13.9 Å². The minimum absolute atomic E-state index is 0.186. The van der Waals surface area contributed by atoms with Gasteiger partial charge in [-0.15, -0.1) is 0 Å². The van der Waals surface area contributed by atoms with E-state index in [1.54, 1.807) is 51.1 Å². The molecule has 0 aliphatic rings. The summed E-state index contributed by atoms with van der Waals surface area (Å²) in [4.78, 5) is 16.5. The van der Waals surface area contributed by atoms with Crippen LogP contribution < -0.4 is 5.32 Å². The van der Waals surface area contributed by atoms with Crippen LogP contribution in [-0.4, -0.2) is 16.7 Å². The van der Waals surface area contributed by atoms with Gasteiger partial charge in [-0.25, -0.2) is 14.2 Å². The number of anilines is 1. The Morgan fingerprint density at radius 3 is 2.52 bits per heavy atom. The predicted octanol–water partition coefficient (Wildman–Crippen LogP) is 5.39. The maximum absolute atomic E-state index is 14.6. The van der Waals surface area contributed by atoms with Gasteiger partial charge in [0, 0.05) is 10.9 Å². The second kappa shape index (κ2) is 6.51. The second-order valence-electron chi connectivity index (χ2n) is 6.68. The lowest BCUT2D eigenvalue weighted by Crippen LogP contribution is -2.27. The molecule has 2 aromatic carbocycles. The van der Waals surface area contributed by atoms with Crippen molar-refractivity contribution in [2.75, 3.05) is 5.32 Å². The predicted molar refractivity (Wildman–Crippen MR) is 97.0 cm³/mol. The molecule has 1 heterocycles. The van der Waals surface area contributed by atoms with Gasteiger partial charge in [-0.05, 0) is 39.0 Å². The Labute approximate surface area is 145 Å². The van der Waals surface area contributed by atoms with Gasteiger partial charge in [-0.3, -0.25) is 5.32 Å². The van der Waals surface area contributed by atoms with Crippen molar-refractivity contribution in [3.63, 3.8) is 0 Å². The molecule has 0 bridgehead atoms. The lowest BCUT2D eigenvalue weighted by molar-refractivity contribution is 0.0636. The van der Waals surface area contributed by atoms with Crippen LogP contribution in [0.1, 0.15) is 20.8 Å². The number of nitrogens with one attached hydrogen (secondary N) is 1. The number of hydrogen-bond acceptors (Lipinski definition) is 3. The third-order valence-corrected chi connectivity index (χ3v) is 3.50. The quantitative estimate of drug-likeness (QED) is 0.682. The van der Waals surface area contributed by atoms with Gasteiger partial charge in [0.15, 0.2) is 0 Å². The molecule has 4 nitrogen and oxygen atoms in total. The standard InChI is InChI=1S/C20H19FN2O2/c1-20(2,3)25-19(24)23-17-11-7-5-9-14(17)18-15(21)12-13-8-4-6-10-16(13)22-18/h4-12H,1-3H3,(H,23,24). The lowest BCUT2D eigenvalue weighted by Gasteiger charge is -2.20. The first-order valence-corrected chi connectivity index (χ1v) is 7.98. The molecular weight excluding hydrogens is 319 g/mol. The van der Waals surface area contributed by atoms with Crippen LogP contribution in [0.3, 0.4) is 0 Å². The Hall–Kier alpha value is -2.95. The fraction of sp³-hybridized carbons (Fsp3) is 0.200. The summed E-state index contributed by atoms with van der Waals surface area (Å²) in [5.41, 5.74) is 1.19. The summed E-state index contributed by atoms with van der Waals surface area (Å²) in [6, 6.07) is 15.7. The van der Waals surface area contributed by atoms with Crippen LogP contribution in [0.15, 0.2) is 54.6 Å². The molecule has 0 saturated carbocycles. The summed E-state index contributed by atoms with van der Waals surface area (Å²) in [6.45, 7) is 5.34. The Morgan fingerprint density at radius 2 is 1.76 bits per heavy atom. The maximum Gasteiger partial charge on any atom is 0.412 e. The average molecular weight is 338 g/mol. The third-order valence-electron chi connectivity index (χ3n) is 3.50. The van der Waals surface area contributed by atoms with E-state index < -0.39 is 17.5 Å². The minimum Gasteiger partial charge on any atom is -0.444 e. The number of nitrogens with zero attached hydrogens (tertiary/aromatic N) is 1. The van der Waals surface area contributed by atoms with Crippen LogP contribution in [-0.2, 0) is 4.74 Å². The average Bonchev–Trinajstić information content (AvgIpc) is 2.53. The van der Waals surface area contributed by atoms with Gasteiger partial charge in [0.2, 0.25) is 0 Å². The van der Waals surface area contributed by atoms with E-state index in [2.05, 4.69) is 10.3 Å². The molecule has 0 atom stereocenters. The van der Waals surface area contributed by atoms with E-state index >= 15 is 0 Å². The smallest absolute Gasteiger partial charge is 0.412 e. The minimum atomic E-state index is -0.620. The molecule has 0 radical (unpaired) electrons. The second-order valence-corrected chi connectivity index (χ2v) is 6.68. The number of carbonyl (C=O) groups is 1. The zero-order valence-corrected chi connectivity index (χ0v) is 14.3. The van der Waals surface area contributed by atoms with Crippen LogP contribution in [0, 0.1) is 5.82 Å². The van der Waals surface area contributed by atoms with Gasteiger partial charge < -0.3 is 4.74 Å². The van der Waals surface area contributed by atoms with Gasteiger partial charge in [0.1, 0.15) is 17.1 Å². The molecule has 0 saturated heterocycles. The molecule has 128 valence electrons. The number of amides is 1. The van der Waals surface area contributed by atoms with Crippen LogP contribution in [0.2, 0.25) is 0 Å². The number of rotatable bonds is 2.